The van der Waals surface area contributed by atoms with Gasteiger partial charge >= 0.3 is 6.11 Å². The molecule has 0 aliphatic heterocycles. The van der Waals surface area contributed by atoms with Gasteiger partial charge in [0.2, 0.25) is 0 Å². The molecule has 1 saturated carbocycles. The molecule has 0 radical (unpaired) electrons. The van der Waals surface area contributed by atoms with Crippen LogP contribution in [0.3, 0.4) is 0 Å². The van der Waals surface area contributed by atoms with Gasteiger partial charge in [0.1, 0.15) is 5.75 Å². The highest BCUT2D eigenvalue weighted by Gasteiger charge is 2.43. The summed E-state index contributed by atoms with van der Waals surface area (Å²) in [6.45, 7) is 2.17. The number of carboxylic acid groups (broad SMARTS) is 1. The van der Waals surface area contributed by atoms with Gasteiger partial charge in [0.15, 0.2) is 0 Å². The number of ether oxygens (including phenoxy) is 1. The van der Waals surface area contributed by atoms with E-state index in [0.717, 1.165) is 25.3 Å². The molecule has 5 heteroatoms. The number of aliphatic carboxylic acids is 1. The molecular weight excluding hydrogens is 338 g/mol. The number of unbranched alkanes of at least 4 members (excludes halogenated alkanes) is 2. The summed E-state index contributed by atoms with van der Waals surface area (Å²) in [6, 6.07) is 5.93. The highest BCUT2D eigenvalue weighted by atomic mass is 19.3. The molecular formula is C21H27F2O3-. The van der Waals surface area contributed by atoms with Gasteiger partial charge in [0.25, 0.3) is 0 Å². The van der Waals surface area contributed by atoms with E-state index in [1.807, 2.05) is 0 Å². The summed E-state index contributed by atoms with van der Waals surface area (Å²) < 4.78 is 33.9. The molecule has 3 nitrogen and oxygen atoms in total. The Bertz CT molecular complexity index is 588. The van der Waals surface area contributed by atoms with Crippen LogP contribution in [0.15, 0.2) is 30.3 Å². The Kier molecular flexibility index (Phi) is 7.61. The Balaban J connectivity index is 1.85. The number of carbonyl (C=O) groups is 1. The van der Waals surface area contributed by atoms with Gasteiger partial charge in [-0.15, -0.1) is 0 Å². The smallest absolute Gasteiger partial charge is 0.400 e. The molecule has 0 aromatic heterocycles. The molecule has 0 bridgehead atoms. The maximum atomic E-state index is 14.5. The van der Waals surface area contributed by atoms with Crippen molar-refractivity contribution in [2.24, 2.45) is 11.8 Å². The van der Waals surface area contributed by atoms with Crippen LogP contribution < -0.4 is 9.84 Å². The second-order valence-corrected chi connectivity index (χ2v) is 7.10. The molecule has 144 valence electrons. The molecule has 0 saturated heterocycles. The van der Waals surface area contributed by atoms with Crippen LogP contribution in [0.5, 0.6) is 5.75 Å². The third kappa shape index (κ3) is 6.43. The van der Waals surface area contributed by atoms with Crippen molar-refractivity contribution < 1.29 is 23.4 Å². The molecule has 0 unspecified atom stereocenters. The Morgan fingerprint density at radius 1 is 1.19 bits per heavy atom. The zero-order valence-electron chi connectivity index (χ0n) is 15.3. The van der Waals surface area contributed by atoms with Crippen LogP contribution in [0.2, 0.25) is 0 Å². The lowest BCUT2D eigenvalue weighted by molar-refractivity contribution is -0.297. The zero-order valence-corrected chi connectivity index (χ0v) is 15.3. The largest absolute Gasteiger partial charge is 0.545 e. The van der Waals surface area contributed by atoms with Gasteiger partial charge in [-0.2, -0.15) is 8.78 Å². The van der Waals surface area contributed by atoms with Crippen molar-refractivity contribution in [1.82, 2.24) is 0 Å². The predicted molar refractivity (Wildman–Crippen MR) is 95.6 cm³/mol. The minimum absolute atomic E-state index is 0.0886. The van der Waals surface area contributed by atoms with E-state index in [1.54, 1.807) is 0 Å². The van der Waals surface area contributed by atoms with Crippen molar-refractivity contribution in [1.29, 1.82) is 0 Å². The zero-order chi connectivity index (χ0) is 19.0. The second-order valence-electron chi connectivity index (χ2n) is 7.10. The standard InChI is InChI=1S/C21H28F2O3/c1-2-3-4-5-16-6-11-18(12-7-16)21(22,23)26-19-13-8-17(9-14-19)10-15-20(24)25/h8-10,13-16,18H,2-7,11-12H2,1H3,(H,24,25)/p-1. The van der Waals surface area contributed by atoms with Gasteiger partial charge in [-0.25, -0.2) is 0 Å². The lowest BCUT2D eigenvalue weighted by atomic mass is 9.79. The summed E-state index contributed by atoms with van der Waals surface area (Å²) in [5.41, 5.74) is 0.581. The van der Waals surface area contributed by atoms with Crippen molar-refractivity contribution >= 4 is 12.0 Å². The summed E-state index contributed by atoms with van der Waals surface area (Å²) in [6.07, 6.45) is 6.48. The van der Waals surface area contributed by atoms with Crippen molar-refractivity contribution in [3.05, 3.63) is 35.9 Å². The van der Waals surface area contributed by atoms with Crippen LogP contribution in [-0.4, -0.2) is 12.1 Å². The summed E-state index contributed by atoms with van der Waals surface area (Å²) >= 11 is 0. The summed E-state index contributed by atoms with van der Waals surface area (Å²) in [5.74, 6) is -1.39. The van der Waals surface area contributed by atoms with Crippen molar-refractivity contribution in [2.45, 2.75) is 64.4 Å². The molecule has 0 N–H and O–H groups in total. The van der Waals surface area contributed by atoms with Crippen LogP contribution in [0.25, 0.3) is 6.08 Å². The minimum Gasteiger partial charge on any atom is -0.545 e. The Hall–Kier alpha value is -1.91. The average Bonchev–Trinajstić information content (AvgIpc) is 2.61. The van der Waals surface area contributed by atoms with Crippen LogP contribution in [0, 0.1) is 11.8 Å². The number of alkyl halides is 2. The predicted octanol–water partition coefficient (Wildman–Crippen LogP) is 4.81. The van der Waals surface area contributed by atoms with Crippen molar-refractivity contribution in [3.8, 4) is 5.75 Å². The number of hydrogen-bond donors (Lipinski definition) is 0. The lowest BCUT2D eigenvalue weighted by Gasteiger charge is -2.33. The van der Waals surface area contributed by atoms with E-state index in [4.69, 9.17) is 4.74 Å². The third-order valence-corrected chi connectivity index (χ3v) is 5.08. The number of benzene rings is 1. The first-order valence-corrected chi connectivity index (χ1v) is 9.46. The summed E-state index contributed by atoms with van der Waals surface area (Å²) in [4.78, 5) is 10.4. The highest BCUT2D eigenvalue weighted by Crippen LogP contribution is 2.41. The summed E-state index contributed by atoms with van der Waals surface area (Å²) in [5, 5.41) is 10.4. The average molecular weight is 365 g/mol. The molecule has 0 heterocycles. The van der Waals surface area contributed by atoms with E-state index in [-0.39, 0.29) is 5.75 Å². The number of carboxylic acids is 1. The van der Waals surface area contributed by atoms with Crippen LogP contribution in [0.1, 0.15) is 63.9 Å². The van der Waals surface area contributed by atoms with Crippen LogP contribution in [-0.2, 0) is 4.79 Å². The van der Waals surface area contributed by atoms with E-state index in [0.29, 0.717) is 24.3 Å². The van der Waals surface area contributed by atoms with Crippen molar-refractivity contribution in [2.75, 3.05) is 0 Å². The van der Waals surface area contributed by atoms with Gasteiger partial charge in [-0.1, -0.05) is 50.8 Å². The van der Waals surface area contributed by atoms with Crippen molar-refractivity contribution in [3.63, 3.8) is 0 Å². The normalized spacial score (nSPS) is 21.0. The van der Waals surface area contributed by atoms with E-state index < -0.39 is 18.0 Å². The summed E-state index contributed by atoms with van der Waals surface area (Å²) in [7, 11) is 0. The topological polar surface area (TPSA) is 49.4 Å². The molecule has 1 fully saturated rings. The van der Waals surface area contributed by atoms with Gasteiger partial charge in [-0.05, 0) is 55.4 Å². The van der Waals surface area contributed by atoms with E-state index in [9.17, 15) is 18.7 Å². The fourth-order valence-corrected chi connectivity index (χ4v) is 3.52. The second kappa shape index (κ2) is 9.70. The maximum absolute atomic E-state index is 14.5. The molecule has 1 aromatic rings. The number of hydrogen-bond acceptors (Lipinski definition) is 3. The monoisotopic (exact) mass is 365 g/mol. The van der Waals surface area contributed by atoms with Gasteiger partial charge in [0, 0.05) is 0 Å². The molecule has 1 aromatic carbocycles. The fourth-order valence-electron chi connectivity index (χ4n) is 3.52. The first-order chi connectivity index (χ1) is 12.4. The van der Waals surface area contributed by atoms with Gasteiger partial charge < -0.3 is 14.6 Å². The van der Waals surface area contributed by atoms with E-state index >= 15 is 0 Å². The molecule has 1 aliphatic carbocycles. The third-order valence-electron chi connectivity index (χ3n) is 5.08. The number of halogens is 2. The molecule has 2 rings (SSSR count). The SMILES string of the molecule is CCCCCC1CCC(C(F)(F)Oc2ccc(C=CC(=O)[O-])cc2)CC1. The molecule has 0 spiro atoms. The quantitative estimate of drug-likeness (QED) is 0.466. The maximum Gasteiger partial charge on any atom is 0.400 e. The number of rotatable bonds is 9. The lowest BCUT2D eigenvalue weighted by Crippen LogP contribution is -2.37. The molecule has 0 amide bonds. The van der Waals surface area contributed by atoms with E-state index in [1.165, 1.54) is 49.6 Å². The molecule has 1 aliphatic rings. The Labute approximate surface area is 154 Å². The molecule has 0 atom stereocenters. The first kappa shape index (κ1) is 20.4. The number of carbonyl (C=O) groups excluding carboxylic acids is 1. The van der Waals surface area contributed by atoms with Crippen LogP contribution >= 0.6 is 0 Å². The highest BCUT2D eigenvalue weighted by molar-refractivity contribution is 5.83. The van der Waals surface area contributed by atoms with E-state index in [2.05, 4.69) is 6.92 Å². The molecule has 26 heavy (non-hydrogen) atoms. The Morgan fingerprint density at radius 3 is 2.42 bits per heavy atom. The first-order valence-electron chi connectivity index (χ1n) is 9.46. The van der Waals surface area contributed by atoms with Gasteiger partial charge in [0.05, 0.1) is 11.9 Å². The van der Waals surface area contributed by atoms with Crippen LogP contribution in [0.4, 0.5) is 8.78 Å². The minimum atomic E-state index is -3.18. The Morgan fingerprint density at radius 2 is 1.85 bits per heavy atom. The fraction of sp³-hybridized carbons (Fsp3) is 0.571. The van der Waals surface area contributed by atoms with Gasteiger partial charge in [-0.3, -0.25) is 0 Å².